The van der Waals surface area contributed by atoms with Crippen molar-refractivity contribution in [2.24, 2.45) is 0 Å². The summed E-state index contributed by atoms with van der Waals surface area (Å²) in [7, 11) is 0. The van der Waals surface area contributed by atoms with Crippen molar-refractivity contribution in [1.82, 2.24) is 5.32 Å². The van der Waals surface area contributed by atoms with E-state index >= 15 is 0 Å². The van der Waals surface area contributed by atoms with Gasteiger partial charge < -0.3 is 5.32 Å². The van der Waals surface area contributed by atoms with Crippen LogP contribution in [0.25, 0.3) is 0 Å². The molecule has 0 heterocycles. The Morgan fingerprint density at radius 2 is 1.61 bits per heavy atom. The van der Waals surface area contributed by atoms with E-state index in [9.17, 15) is 8.78 Å². The molecular formula is C15H21F2N. The topological polar surface area (TPSA) is 12.0 Å². The molecule has 1 aromatic rings. The lowest BCUT2D eigenvalue weighted by Gasteiger charge is -2.16. The molecule has 0 radical (unpaired) electrons. The number of nitrogens with one attached hydrogen (secondary N) is 1. The number of hydrogen-bond donors (Lipinski definition) is 1. The van der Waals surface area contributed by atoms with Crippen molar-refractivity contribution in [2.45, 2.75) is 57.5 Å². The third kappa shape index (κ3) is 4.05. The van der Waals surface area contributed by atoms with E-state index in [4.69, 9.17) is 0 Å². The van der Waals surface area contributed by atoms with Crippen LogP contribution in [0.2, 0.25) is 0 Å². The first-order chi connectivity index (χ1) is 8.75. The highest BCUT2D eigenvalue weighted by atomic mass is 19.3. The molecule has 0 aliphatic heterocycles. The van der Waals surface area contributed by atoms with Crippen LogP contribution in [0.3, 0.4) is 0 Å². The second-order valence-electron chi connectivity index (χ2n) is 5.11. The lowest BCUT2D eigenvalue weighted by Crippen LogP contribution is -2.27. The maximum Gasteiger partial charge on any atom is 0.263 e. The minimum Gasteiger partial charge on any atom is -0.310 e. The lowest BCUT2D eigenvalue weighted by atomic mass is 10.1. The highest BCUT2D eigenvalue weighted by Crippen LogP contribution is 2.20. The van der Waals surface area contributed by atoms with Gasteiger partial charge in [0.05, 0.1) is 0 Å². The largest absolute Gasteiger partial charge is 0.310 e. The van der Waals surface area contributed by atoms with Gasteiger partial charge in [0.15, 0.2) is 0 Å². The van der Waals surface area contributed by atoms with Crippen LogP contribution in [-0.2, 0) is 6.54 Å². The van der Waals surface area contributed by atoms with E-state index in [0.717, 1.165) is 12.1 Å². The van der Waals surface area contributed by atoms with Crippen LogP contribution in [0, 0.1) is 0 Å². The lowest BCUT2D eigenvalue weighted by molar-refractivity contribution is 0.151. The van der Waals surface area contributed by atoms with Gasteiger partial charge in [0, 0.05) is 18.2 Å². The first-order valence-corrected chi connectivity index (χ1v) is 6.86. The predicted molar refractivity (Wildman–Crippen MR) is 69.7 cm³/mol. The van der Waals surface area contributed by atoms with Crippen LogP contribution >= 0.6 is 0 Å². The molecule has 0 aromatic heterocycles. The zero-order valence-corrected chi connectivity index (χ0v) is 10.7. The molecule has 1 fully saturated rings. The molecule has 100 valence electrons. The zero-order valence-electron chi connectivity index (χ0n) is 10.7. The van der Waals surface area contributed by atoms with Crippen LogP contribution in [0.5, 0.6) is 0 Å². The minimum atomic E-state index is -2.37. The SMILES string of the molecule is FC(F)c1ccc(CNC2CCCCCC2)cc1. The summed E-state index contributed by atoms with van der Waals surface area (Å²) in [5.74, 6) is 0. The van der Waals surface area contributed by atoms with Gasteiger partial charge in [0.2, 0.25) is 0 Å². The second-order valence-corrected chi connectivity index (χ2v) is 5.11. The van der Waals surface area contributed by atoms with Crippen molar-refractivity contribution >= 4 is 0 Å². The van der Waals surface area contributed by atoms with Gasteiger partial charge in [0.25, 0.3) is 6.43 Å². The monoisotopic (exact) mass is 253 g/mol. The van der Waals surface area contributed by atoms with Crippen LogP contribution in [0.1, 0.15) is 56.1 Å². The molecule has 1 N–H and O–H groups in total. The molecule has 0 bridgehead atoms. The van der Waals surface area contributed by atoms with Gasteiger partial charge in [-0.05, 0) is 18.4 Å². The van der Waals surface area contributed by atoms with E-state index in [1.807, 2.05) is 0 Å². The fourth-order valence-electron chi connectivity index (χ4n) is 2.53. The Kier molecular flexibility index (Phi) is 5.12. The van der Waals surface area contributed by atoms with E-state index in [2.05, 4.69) is 5.32 Å². The molecule has 2 rings (SSSR count). The summed E-state index contributed by atoms with van der Waals surface area (Å²) in [6, 6.07) is 7.24. The van der Waals surface area contributed by atoms with E-state index in [-0.39, 0.29) is 5.56 Å². The van der Waals surface area contributed by atoms with Gasteiger partial charge in [0.1, 0.15) is 0 Å². The number of alkyl halides is 2. The maximum atomic E-state index is 12.4. The molecule has 3 heteroatoms. The van der Waals surface area contributed by atoms with E-state index in [1.54, 1.807) is 12.1 Å². The van der Waals surface area contributed by atoms with Crippen molar-refractivity contribution in [3.05, 3.63) is 35.4 Å². The van der Waals surface area contributed by atoms with Crippen LogP contribution in [-0.4, -0.2) is 6.04 Å². The molecule has 0 unspecified atom stereocenters. The average molecular weight is 253 g/mol. The van der Waals surface area contributed by atoms with Crippen molar-refractivity contribution in [3.63, 3.8) is 0 Å². The average Bonchev–Trinajstić information content (AvgIpc) is 2.65. The molecule has 0 amide bonds. The molecule has 0 atom stereocenters. The number of benzene rings is 1. The van der Waals surface area contributed by atoms with E-state index in [1.165, 1.54) is 50.7 Å². The zero-order chi connectivity index (χ0) is 12.8. The van der Waals surface area contributed by atoms with Gasteiger partial charge >= 0.3 is 0 Å². The van der Waals surface area contributed by atoms with Gasteiger partial charge in [-0.3, -0.25) is 0 Å². The van der Waals surface area contributed by atoms with Crippen LogP contribution in [0.15, 0.2) is 24.3 Å². The molecule has 1 nitrogen and oxygen atoms in total. The van der Waals surface area contributed by atoms with Gasteiger partial charge in [-0.15, -0.1) is 0 Å². The summed E-state index contributed by atoms with van der Waals surface area (Å²) in [5.41, 5.74) is 1.19. The summed E-state index contributed by atoms with van der Waals surface area (Å²) in [5, 5.41) is 3.54. The molecule has 0 spiro atoms. The Bertz CT molecular complexity index is 340. The molecule has 1 aliphatic rings. The molecule has 0 saturated heterocycles. The highest BCUT2D eigenvalue weighted by Gasteiger charge is 2.11. The molecule has 1 saturated carbocycles. The Hall–Kier alpha value is -0.960. The Morgan fingerprint density at radius 3 is 2.17 bits per heavy atom. The summed E-state index contributed by atoms with van der Waals surface area (Å²) in [6.45, 7) is 0.786. The van der Waals surface area contributed by atoms with Crippen molar-refractivity contribution in [2.75, 3.05) is 0 Å². The summed E-state index contributed by atoms with van der Waals surface area (Å²) >= 11 is 0. The maximum absolute atomic E-state index is 12.4. The first-order valence-electron chi connectivity index (χ1n) is 6.86. The summed E-state index contributed by atoms with van der Waals surface area (Å²) < 4.78 is 24.8. The normalized spacial score (nSPS) is 17.9. The second kappa shape index (κ2) is 6.83. The van der Waals surface area contributed by atoms with Gasteiger partial charge in [-0.25, -0.2) is 8.78 Å². The van der Waals surface area contributed by atoms with E-state index in [0.29, 0.717) is 6.04 Å². The van der Waals surface area contributed by atoms with Gasteiger partial charge in [-0.2, -0.15) is 0 Å². The summed E-state index contributed by atoms with van der Waals surface area (Å²) in [4.78, 5) is 0. The quantitative estimate of drug-likeness (QED) is 0.782. The van der Waals surface area contributed by atoms with E-state index < -0.39 is 6.43 Å². The predicted octanol–water partition coefficient (Wildman–Crippen LogP) is 4.44. The standard InChI is InChI=1S/C15H21F2N/c16-15(17)13-9-7-12(8-10-13)11-18-14-5-3-1-2-4-6-14/h7-10,14-15,18H,1-6,11H2. The van der Waals surface area contributed by atoms with Crippen molar-refractivity contribution in [3.8, 4) is 0 Å². The number of rotatable bonds is 4. The third-order valence-electron chi connectivity index (χ3n) is 3.68. The summed E-state index contributed by atoms with van der Waals surface area (Å²) in [6.07, 6.45) is 5.44. The Balaban J connectivity index is 1.81. The first kappa shape index (κ1) is 13.5. The van der Waals surface area contributed by atoms with Crippen LogP contribution in [0.4, 0.5) is 8.78 Å². The Morgan fingerprint density at radius 1 is 1.00 bits per heavy atom. The van der Waals surface area contributed by atoms with Crippen molar-refractivity contribution < 1.29 is 8.78 Å². The van der Waals surface area contributed by atoms with Gasteiger partial charge in [-0.1, -0.05) is 49.9 Å². The molecule has 1 aliphatic carbocycles. The Labute approximate surface area is 108 Å². The highest BCUT2D eigenvalue weighted by molar-refractivity contribution is 5.23. The van der Waals surface area contributed by atoms with Crippen LogP contribution < -0.4 is 5.32 Å². The minimum absolute atomic E-state index is 0.105. The van der Waals surface area contributed by atoms with Crippen molar-refractivity contribution in [1.29, 1.82) is 0 Å². The number of hydrogen-bond acceptors (Lipinski definition) is 1. The molecule has 1 aromatic carbocycles. The smallest absolute Gasteiger partial charge is 0.263 e. The third-order valence-corrected chi connectivity index (χ3v) is 3.68. The molecule has 18 heavy (non-hydrogen) atoms. The number of halogens is 2. The fourth-order valence-corrected chi connectivity index (χ4v) is 2.53. The fraction of sp³-hybridized carbons (Fsp3) is 0.600. The molecular weight excluding hydrogens is 232 g/mol.